The zero-order chi connectivity index (χ0) is 14.8. The van der Waals surface area contributed by atoms with E-state index in [4.69, 9.17) is 10.5 Å². The minimum absolute atomic E-state index is 0.00637. The fraction of sp³-hybridized carbons (Fsp3) is 0.143. The molecule has 2 N–H and O–H groups in total. The molecule has 2 nitrogen and oxygen atoms in total. The smallest absolute Gasteiger partial charge is 0.416 e. The predicted molar refractivity (Wildman–Crippen MR) is 66.6 cm³/mol. The molecule has 2 rings (SSSR count). The first-order valence-electron chi connectivity index (χ1n) is 5.70. The average molecular weight is 285 g/mol. The molecule has 0 aliphatic carbocycles. The number of rotatable bonds is 3. The van der Waals surface area contributed by atoms with E-state index in [1.54, 1.807) is 0 Å². The van der Waals surface area contributed by atoms with Gasteiger partial charge in [0.25, 0.3) is 0 Å². The highest BCUT2D eigenvalue weighted by Gasteiger charge is 2.29. The first-order valence-corrected chi connectivity index (χ1v) is 5.70. The number of nitrogen functional groups attached to an aromatic ring is 1. The quantitative estimate of drug-likeness (QED) is 0.683. The van der Waals surface area contributed by atoms with Crippen LogP contribution in [0.4, 0.5) is 23.2 Å². The van der Waals surface area contributed by atoms with Crippen molar-refractivity contribution >= 4 is 5.69 Å². The second kappa shape index (κ2) is 5.40. The predicted octanol–water partition coefficient (Wildman–Crippen LogP) is 4.01. The molecule has 106 valence electrons. The summed E-state index contributed by atoms with van der Waals surface area (Å²) in [7, 11) is 0. The van der Waals surface area contributed by atoms with Crippen LogP contribution in [0.5, 0.6) is 5.75 Å². The highest BCUT2D eigenvalue weighted by Crippen LogP contribution is 2.29. The molecule has 0 aromatic heterocycles. The van der Waals surface area contributed by atoms with Crippen molar-refractivity contribution in [2.24, 2.45) is 0 Å². The number of ether oxygens (including phenoxy) is 1. The van der Waals surface area contributed by atoms with Gasteiger partial charge in [-0.2, -0.15) is 13.2 Å². The van der Waals surface area contributed by atoms with Crippen molar-refractivity contribution in [1.82, 2.24) is 0 Å². The lowest BCUT2D eigenvalue weighted by molar-refractivity contribution is -0.137. The van der Waals surface area contributed by atoms with Crippen LogP contribution in [-0.4, -0.2) is 0 Å². The Morgan fingerprint density at radius 1 is 1.00 bits per heavy atom. The van der Waals surface area contributed by atoms with E-state index in [0.29, 0.717) is 5.56 Å². The second-order valence-corrected chi connectivity index (χ2v) is 4.17. The molecule has 0 aliphatic rings. The van der Waals surface area contributed by atoms with Crippen molar-refractivity contribution in [3.8, 4) is 5.75 Å². The molecule has 0 amide bonds. The number of benzene rings is 2. The van der Waals surface area contributed by atoms with E-state index >= 15 is 0 Å². The van der Waals surface area contributed by atoms with E-state index in [1.807, 2.05) is 0 Å². The van der Waals surface area contributed by atoms with E-state index in [0.717, 1.165) is 18.2 Å². The Kier molecular flexibility index (Phi) is 3.83. The van der Waals surface area contributed by atoms with Gasteiger partial charge in [0.15, 0.2) is 0 Å². The second-order valence-electron chi connectivity index (χ2n) is 4.17. The topological polar surface area (TPSA) is 35.2 Å². The Bertz CT molecular complexity index is 593. The van der Waals surface area contributed by atoms with Crippen LogP contribution in [0.2, 0.25) is 0 Å². The van der Waals surface area contributed by atoms with Crippen molar-refractivity contribution in [2.75, 3.05) is 5.73 Å². The number of halogens is 4. The molecule has 0 spiro atoms. The van der Waals surface area contributed by atoms with Gasteiger partial charge >= 0.3 is 6.18 Å². The normalized spacial score (nSPS) is 11.4. The summed E-state index contributed by atoms with van der Waals surface area (Å²) in [6, 6.07) is 8.55. The molecule has 0 saturated heterocycles. The molecule has 0 radical (unpaired) electrons. The summed E-state index contributed by atoms with van der Waals surface area (Å²) >= 11 is 0. The molecule has 0 atom stereocenters. The molecular weight excluding hydrogens is 274 g/mol. The first-order chi connectivity index (χ1) is 9.36. The van der Waals surface area contributed by atoms with E-state index in [-0.39, 0.29) is 18.0 Å². The number of anilines is 1. The Hall–Kier alpha value is -2.24. The highest BCUT2D eigenvalue weighted by molar-refractivity contribution is 5.43. The zero-order valence-corrected chi connectivity index (χ0v) is 10.2. The third-order valence-corrected chi connectivity index (χ3v) is 2.66. The van der Waals surface area contributed by atoms with Crippen LogP contribution in [0.15, 0.2) is 42.5 Å². The third-order valence-electron chi connectivity index (χ3n) is 2.66. The summed E-state index contributed by atoms with van der Waals surface area (Å²) < 4.78 is 55.5. The summed E-state index contributed by atoms with van der Waals surface area (Å²) in [4.78, 5) is 0. The van der Waals surface area contributed by atoms with E-state index in [9.17, 15) is 17.6 Å². The lowest BCUT2D eigenvalue weighted by Gasteiger charge is -2.09. The van der Waals surface area contributed by atoms with E-state index in [1.165, 1.54) is 24.3 Å². The molecule has 20 heavy (non-hydrogen) atoms. The lowest BCUT2D eigenvalue weighted by Crippen LogP contribution is -2.05. The molecule has 0 bridgehead atoms. The van der Waals surface area contributed by atoms with Gasteiger partial charge in [-0.15, -0.1) is 0 Å². The van der Waals surface area contributed by atoms with E-state index in [2.05, 4.69) is 0 Å². The summed E-state index contributed by atoms with van der Waals surface area (Å²) in [6.45, 7) is 0.0432. The number of nitrogens with two attached hydrogens (primary N) is 1. The zero-order valence-electron chi connectivity index (χ0n) is 10.2. The van der Waals surface area contributed by atoms with Crippen LogP contribution >= 0.6 is 0 Å². The van der Waals surface area contributed by atoms with Crippen LogP contribution < -0.4 is 10.5 Å². The molecule has 0 fully saturated rings. The summed E-state index contributed by atoms with van der Waals surface area (Å²) in [5.74, 6) is -0.341. The van der Waals surface area contributed by atoms with Gasteiger partial charge in [0.1, 0.15) is 18.2 Å². The van der Waals surface area contributed by atoms with Gasteiger partial charge in [0, 0.05) is 6.07 Å². The maximum absolute atomic E-state index is 13.2. The molecule has 2 aromatic carbocycles. The Balaban J connectivity index is 2.02. The molecular formula is C14H11F4NO. The number of hydrogen-bond donors (Lipinski definition) is 1. The van der Waals surface area contributed by atoms with E-state index < -0.39 is 17.6 Å². The molecule has 0 heterocycles. The van der Waals surface area contributed by atoms with Gasteiger partial charge in [-0.05, 0) is 29.8 Å². The van der Waals surface area contributed by atoms with Crippen LogP contribution in [0.1, 0.15) is 11.1 Å². The Labute approximate surface area is 112 Å². The summed E-state index contributed by atoms with van der Waals surface area (Å²) in [6.07, 6.45) is -4.36. The lowest BCUT2D eigenvalue weighted by atomic mass is 10.1. The fourth-order valence-corrected chi connectivity index (χ4v) is 1.55. The van der Waals surface area contributed by atoms with Crippen LogP contribution in [0.3, 0.4) is 0 Å². The SMILES string of the molecule is Nc1ccc(OCc2ccc(C(F)(F)F)cc2)cc1F. The van der Waals surface area contributed by atoms with Crippen LogP contribution in [-0.2, 0) is 12.8 Å². The molecule has 0 unspecified atom stereocenters. The molecule has 2 aromatic rings. The monoisotopic (exact) mass is 285 g/mol. The van der Waals surface area contributed by atoms with Crippen molar-refractivity contribution in [3.05, 3.63) is 59.4 Å². The summed E-state index contributed by atoms with van der Waals surface area (Å²) in [5.41, 5.74) is 5.15. The molecule has 0 saturated carbocycles. The van der Waals surface area contributed by atoms with Crippen LogP contribution in [0, 0.1) is 5.82 Å². The summed E-state index contributed by atoms with van der Waals surface area (Å²) in [5, 5.41) is 0. The maximum Gasteiger partial charge on any atom is 0.416 e. The number of alkyl halides is 3. The van der Waals surface area contributed by atoms with Gasteiger partial charge in [0.2, 0.25) is 0 Å². The molecule has 0 aliphatic heterocycles. The van der Waals surface area contributed by atoms with Gasteiger partial charge in [-0.25, -0.2) is 4.39 Å². The average Bonchev–Trinajstić information content (AvgIpc) is 2.40. The fourth-order valence-electron chi connectivity index (χ4n) is 1.55. The third kappa shape index (κ3) is 3.40. The highest BCUT2D eigenvalue weighted by atomic mass is 19.4. The standard InChI is InChI=1S/C14H11F4NO/c15-12-7-11(5-6-13(12)19)20-8-9-1-3-10(4-2-9)14(16,17)18/h1-7H,8,19H2. The maximum atomic E-state index is 13.2. The van der Waals surface area contributed by atoms with Crippen LogP contribution in [0.25, 0.3) is 0 Å². The number of hydrogen-bond acceptors (Lipinski definition) is 2. The first kappa shape index (κ1) is 14.2. The Morgan fingerprint density at radius 3 is 2.20 bits per heavy atom. The van der Waals surface area contributed by atoms with Gasteiger partial charge in [-0.1, -0.05) is 12.1 Å². The van der Waals surface area contributed by atoms with Crippen molar-refractivity contribution < 1.29 is 22.3 Å². The van der Waals surface area contributed by atoms with Crippen molar-refractivity contribution in [3.63, 3.8) is 0 Å². The molecule has 6 heteroatoms. The minimum atomic E-state index is -4.36. The van der Waals surface area contributed by atoms with Crippen molar-refractivity contribution in [2.45, 2.75) is 12.8 Å². The largest absolute Gasteiger partial charge is 0.489 e. The minimum Gasteiger partial charge on any atom is -0.489 e. The van der Waals surface area contributed by atoms with Crippen molar-refractivity contribution in [1.29, 1.82) is 0 Å². The van der Waals surface area contributed by atoms with Gasteiger partial charge in [-0.3, -0.25) is 0 Å². The van der Waals surface area contributed by atoms with Gasteiger partial charge < -0.3 is 10.5 Å². The van der Waals surface area contributed by atoms with Gasteiger partial charge in [0.05, 0.1) is 11.3 Å². The Morgan fingerprint density at radius 2 is 1.65 bits per heavy atom.